The number of hydrogen-bond donors (Lipinski definition) is 0. The van der Waals surface area contributed by atoms with Gasteiger partial charge in [-0.3, -0.25) is 4.98 Å². The Morgan fingerprint density at radius 2 is 1.95 bits per heavy atom. The summed E-state index contributed by atoms with van der Waals surface area (Å²) in [6.07, 6.45) is 7.77. The van der Waals surface area contributed by atoms with Crippen LogP contribution in [0.1, 0.15) is 44.7 Å². The van der Waals surface area contributed by atoms with Crippen molar-refractivity contribution in [2.75, 3.05) is 0 Å². The van der Waals surface area contributed by atoms with Crippen LogP contribution in [0.5, 0.6) is 5.75 Å². The molecular formula is C17H21NO. The van der Waals surface area contributed by atoms with Crippen LogP contribution in [0.15, 0.2) is 30.3 Å². The number of aryl methyl sites for hydroxylation is 1. The summed E-state index contributed by atoms with van der Waals surface area (Å²) in [6, 6.07) is 10.5. The first-order valence-electron chi connectivity index (χ1n) is 7.41. The second-order valence-corrected chi connectivity index (χ2v) is 5.39. The number of nitrogens with zero attached hydrogens (tertiary/aromatic N) is 1. The minimum absolute atomic E-state index is 0.411. The lowest BCUT2D eigenvalue weighted by Gasteiger charge is -2.23. The summed E-state index contributed by atoms with van der Waals surface area (Å²) in [5.74, 6) is 0.991. The van der Waals surface area contributed by atoms with Crippen molar-refractivity contribution < 1.29 is 4.74 Å². The Bertz CT molecular complexity index is 558. The van der Waals surface area contributed by atoms with E-state index in [-0.39, 0.29) is 0 Å². The maximum Gasteiger partial charge on any atom is 0.120 e. The molecule has 0 unspecified atom stereocenters. The summed E-state index contributed by atoms with van der Waals surface area (Å²) in [4.78, 5) is 4.63. The smallest absolute Gasteiger partial charge is 0.120 e. The fraction of sp³-hybridized carbons (Fsp3) is 0.471. The third-order valence-corrected chi connectivity index (χ3v) is 3.94. The summed E-state index contributed by atoms with van der Waals surface area (Å²) in [6.45, 7) is 2.13. The van der Waals surface area contributed by atoms with Crippen molar-refractivity contribution >= 4 is 10.9 Å². The van der Waals surface area contributed by atoms with Crippen molar-refractivity contribution in [1.29, 1.82) is 0 Å². The van der Waals surface area contributed by atoms with E-state index in [0.717, 1.165) is 23.4 Å². The average molecular weight is 255 g/mol. The van der Waals surface area contributed by atoms with Gasteiger partial charge >= 0.3 is 0 Å². The topological polar surface area (TPSA) is 22.1 Å². The van der Waals surface area contributed by atoms with Crippen molar-refractivity contribution in [2.45, 2.75) is 51.6 Å². The van der Waals surface area contributed by atoms with Crippen molar-refractivity contribution in [3.05, 3.63) is 36.0 Å². The Balaban J connectivity index is 1.80. The van der Waals surface area contributed by atoms with Gasteiger partial charge in [0.15, 0.2) is 0 Å². The molecule has 1 heterocycles. The molecule has 1 aliphatic rings. The third-order valence-electron chi connectivity index (χ3n) is 3.94. The standard InChI is InChI=1S/C17H21NO/c1-2-14-9-8-13-12-16(10-11-17(13)18-14)19-15-6-4-3-5-7-15/h8-12,15H,2-7H2,1H3. The maximum absolute atomic E-state index is 6.09. The van der Waals surface area contributed by atoms with Gasteiger partial charge < -0.3 is 4.74 Å². The number of rotatable bonds is 3. The van der Waals surface area contributed by atoms with E-state index in [2.05, 4.69) is 42.2 Å². The Hall–Kier alpha value is -1.57. The van der Waals surface area contributed by atoms with E-state index in [1.165, 1.54) is 37.5 Å². The Morgan fingerprint density at radius 3 is 2.74 bits per heavy atom. The molecule has 1 fully saturated rings. The highest BCUT2D eigenvalue weighted by Gasteiger charge is 2.14. The molecule has 0 amide bonds. The second-order valence-electron chi connectivity index (χ2n) is 5.39. The highest BCUT2D eigenvalue weighted by molar-refractivity contribution is 5.80. The van der Waals surface area contributed by atoms with Crippen LogP contribution in [-0.2, 0) is 6.42 Å². The molecule has 0 aliphatic heterocycles. The van der Waals surface area contributed by atoms with Crippen LogP contribution in [0.3, 0.4) is 0 Å². The van der Waals surface area contributed by atoms with Crippen molar-refractivity contribution in [2.24, 2.45) is 0 Å². The molecule has 1 saturated carbocycles. The van der Waals surface area contributed by atoms with Gasteiger partial charge in [-0.15, -0.1) is 0 Å². The van der Waals surface area contributed by atoms with Crippen molar-refractivity contribution in [3.8, 4) is 5.75 Å². The summed E-state index contributed by atoms with van der Waals surface area (Å²) in [5, 5.41) is 1.17. The molecule has 3 rings (SSSR count). The fourth-order valence-electron chi connectivity index (χ4n) is 2.79. The van der Waals surface area contributed by atoms with Crippen LogP contribution in [0, 0.1) is 0 Å². The highest BCUT2D eigenvalue weighted by atomic mass is 16.5. The molecule has 0 bridgehead atoms. The van der Waals surface area contributed by atoms with Crippen LogP contribution >= 0.6 is 0 Å². The molecule has 1 aromatic heterocycles. The first-order valence-corrected chi connectivity index (χ1v) is 7.41. The Kier molecular flexibility index (Phi) is 3.67. The third kappa shape index (κ3) is 2.89. The number of aromatic nitrogens is 1. The number of benzene rings is 1. The average Bonchev–Trinajstić information content (AvgIpc) is 2.48. The molecule has 2 aromatic rings. The zero-order valence-corrected chi connectivity index (χ0v) is 11.6. The van der Waals surface area contributed by atoms with E-state index >= 15 is 0 Å². The summed E-state index contributed by atoms with van der Waals surface area (Å²) in [5.41, 5.74) is 2.21. The van der Waals surface area contributed by atoms with Gasteiger partial charge in [0, 0.05) is 11.1 Å². The van der Waals surface area contributed by atoms with E-state index in [9.17, 15) is 0 Å². The Morgan fingerprint density at radius 1 is 1.11 bits per heavy atom. The highest BCUT2D eigenvalue weighted by Crippen LogP contribution is 2.25. The molecule has 1 aliphatic carbocycles. The maximum atomic E-state index is 6.09. The van der Waals surface area contributed by atoms with E-state index in [1.54, 1.807) is 0 Å². The quantitative estimate of drug-likeness (QED) is 0.805. The molecule has 2 nitrogen and oxygen atoms in total. The Labute approximate surface area is 114 Å². The molecule has 0 N–H and O–H groups in total. The molecule has 2 heteroatoms. The predicted octanol–water partition coefficient (Wildman–Crippen LogP) is 4.51. The van der Waals surface area contributed by atoms with Crippen LogP contribution < -0.4 is 4.74 Å². The zero-order chi connectivity index (χ0) is 13.1. The van der Waals surface area contributed by atoms with Crippen LogP contribution in [0.4, 0.5) is 0 Å². The molecule has 0 atom stereocenters. The number of hydrogen-bond acceptors (Lipinski definition) is 2. The minimum atomic E-state index is 0.411. The van der Waals surface area contributed by atoms with Gasteiger partial charge in [0.2, 0.25) is 0 Å². The monoisotopic (exact) mass is 255 g/mol. The first kappa shape index (κ1) is 12.5. The minimum Gasteiger partial charge on any atom is -0.490 e. The lowest BCUT2D eigenvalue weighted by molar-refractivity contribution is 0.155. The van der Waals surface area contributed by atoms with Crippen molar-refractivity contribution in [1.82, 2.24) is 4.98 Å². The van der Waals surface area contributed by atoms with E-state index in [0.29, 0.717) is 6.10 Å². The molecule has 100 valence electrons. The SMILES string of the molecule is CCc1ccc2cc(OC3CCCCC3)ccc2n1. The number of fused-ring (bicyclic) bond motifs is 1. The number of ether oxygens (including phenoxy) is 1. The summed E-state index contributed by atoms with van der Waals surface area (Å²) >= 11 is 0. The van der Waals surface area contributed by atoms with Gasteiger partial charge in [-0.25, -0.2) is 0 Å². The van der Waals surface area contributed by atoms with Gasteiger partial charge in [0.05, 0.1) is 11.6 Å². The van der Waals surface area contributed by atoms with Crippen LogP contribution in [-0.4, -0.2) is 11.1 Å². The van der Waals surface area contributed by atoms with Gasteiger partial charge in [-0.05, 0) is 56.4 Å². The lowest BCUT2D eigenvalue weighted by atomic mass is 9.98. The van der Waals surface area contributed by atoms with E-state index in [1.807, 2.05) is 0 Å². The molecule has 0 spiro atoms. The predicted molar refractivity (Wildman–Crippen MR) is 78.6 cm³/mol. The largest absolute Gasteiger partial charge is 0.490 e. The summed E-state index contributed by atoms with van der Waals surface area (Å²) in [7, 11) is 0. The molecule has 1 aromatic carbocycles. The van der Waals surface area contributed by atoms with Crippen molar-refractivity contribution in [3.63, 3.8) is 0 Å². The van der Waals surface area contributed by atoms with Crippen LogP contribution in [0.2, 0.25) is 0 Å². The van der Waals surface area contributed by atoms with E-state index in [4.69, 9.17) is 4.74 Å². The normalized spacial score (nSPS) is 16.7. The second kappa shape index (κ2) is 5.60. The number of pyridine rings is 1. The molecule has 0 radical (unpaired) electrons. The molecule has 19 heavy (non-hydrogen) atoms. The van der Waals surface area contributed by atoms with Crippen LogP contribution in [0.25, 0.3) is 10.9 Å². The summed E-state index contributed by atoms with van der Waals surface area (Å²) < 4.78 is 6.09. The zero-order valence-electron chi connectivity index (χ0n) is 11.6. The molecular weight excluding hydrogens is 234 g/mol. The van der Waals surface area contributed by atoms with Gasteiger partial charge in [0.1, 0.15) is 5.75 Å². The first-order chi connectivity index (χ1) is 9.35. The van der Waals surface area contributed by atoms with Gasteiger partial charge in [-0.2, -0.15) is 0 Å². The molecule has 0 saturated heterocycles. The fourth-order valence-corrected chi connectivity index (χ4v) is 2.79. The lowest BCUT2D eigenvalue weighted by Crippen LogP contribution is -2.19. The van der Waals surface area contributed by atoms with E-state index < -0.39 is 0 Å². The van der Waals surface area contributed by atoms with Gasteiger partial charge in [-0.1, -0.05) is 19.4 Å². The van der Waals surface area contributed by atoms with Gasteiger partial charge in [0.25, 0.3) is 0 Å².